The van der Waals surface area contributed by atoms with Crippen molar-refractivity contribution in [2.24, 2.45) is 0 Å². The van der Waals surface area contributed by atoms with E-state index < -0.39 is 0 Å². The van der Waals surface area contributed by atoms with Crippen LogP contribution in [0.3, 0.4) is 0 Å². The highest BCUT2D eigenvalue weighted by molar-refractivity contribution is 5.90. The van der Waals surface area contributed by atoms with Crippen LogP contribution >= 0.6 is 0 Å². The summed E-state index contributed by atoms with van der Waals surface area (Å²) in [6.45, 7) is 9.99. The van der Waals surface area contributed by atoms with Crippen molar-refractivity contribution in [3.05, 3.63) is 11.6 Å². The molecule has 1 aromatic rings. The van der Waals surface area contributed by atoms with Crippen molar-refractivity contribution in [2.75, 3.05) is 13.2 Å². The highest BCUT2D eigenvalue weighted by Crippen LogP contribution is 2.17. The number of amides is 1. The van der Waals surface area contributed by atoms with Crippen LogP contribution in [0.15, 0.2) is 0 Å². The smallest absolute Gasteiger partial charge is 0.293 e. The Bertz CT molecular complexity index is 406. The Morgan fingerprint density at radius 1 is 1.44 bits per heavy atom. The Morgan fingerprint density at radius 3 is 2.44 bits per heavy atom. The summed E-state index contributed by atoms with van der Waals surface area (Å²) in [5, 5.41) is 15.7. The van der Waals surface area contributed by atoms with Gasteiger partial charge in [-0.2, -0.15) is 0 Å². The molecule has 0 atom stereocenters. The van der Waals surface area contributed by atoms with Crippen LogP contribution in [0.5, 0.6) is 0 Å². The molecule has 0 aromatic carbocycles. The second-order valence-corrected chi connectivity index (χ2v) is 5.57. The van der Waals surface area contributed by atoms with E-state index in [1.165, 1.54) is 0 Å². The van der Waals surface area contributed by atoms with Gasteiger partial charge in [0.05, 0.1) is 6.61 Å². The lowest BCUT2D eigenvalue weighted by Gasteiger charge is -2.24. The van der Waals surface area contributed by atoms with Crippen molar-refractivity contribution >= 4 is 5.91 Å². The average molecular weight is 254 g/mol. The van der Waals surface area contributed by atoms with Crippen LogP contribution in [-0.4, -0.2) is 50.3 Å². The van der Waals surface area contributed by atoms with Crippen molar-refractivity contribution in [2.45, 2.75) is 46.1 Å². The van der Waals surface area contributed by atoms with Crippen LogP contribution in [0.25, 0.3) is 0 Å². The first-order valence-electron chi connectivity index (χ1n) is 6.12. The van der Waals surface area contributed by atoms with Crippen LogP contribution < -0.4 is 0 Å². The van der Waals surface area contributed by atoms with Gasteiger partial charge in [-0.15, -0.1) is 5.10 Å². The standard InChI is InChI=1S/C12H22N4O2/c1-8(2)16(6-7-17)10(18)9-13-11(15-14-9)12(3,4)5/h8,17H,6-7H2,1-5H3,(H,13,14,15). The van der Waals surface area contributed by atoms with Gasteiger partial charge in [-0.1, -0.05) is 20.8 Å². The van der Waals surface area contributed by atoms with Crippen molar-refractivity contribution in [3.63, 3.8) is 0 Å². The summed E-state index contributed by atoms with van der Waals surface area (Å²) in [6, 6.07) is 0.00115. The fourth-order valence-electron chi connectivity index (χ4n) is 1.52. The maximum atomic E-state index is 12.2. The molecule has 1 rings (SSSR count). The molecule has 0 unspecified atom stereocenters. The lowest BCUT2D eigenvalue weighted by molar-refractivity contribution is 0.0653. The summed E-state index contributed by atoms with van der Waals surface area (Å²) in [7, 11) is 0. The number of hydrogen-bond acceptors (Lipinski definition) is 4. The monoisotopic (exact) mass is 254 g/mol. The Labute approximate surface area is 107 Å². The van der Waals surface area contributed by atoms with E-state index in [0.717, 1.165) is 0 Å². The number of aliphatic hydroxyl groups excluding tert-OH is 1. The highest BCUT2D eigenvalue weighted by Gasteiger charge is 2.25. The first kappa shape index (κ1) is 14.6. The number of carbonyl (C=O) groups excluding carboxylic acids is 1. The van der Waals surface area contributed by atoms with E-state index in [-0.39, 0.29) is 36.3 Å². The summed E-state index contributed by atoms with van der Waals surface area (Å²) < 4.78 is 0. The first-order valence-corrected chi connectivity index (χ1v) is 6.12. The largest absolute Gasteiger partial charge is 0.395 e. The molecule has 102 valence electrons. The molecule has 0 aliphatic carbocycles. The highest BCUT2D eigenvalue weighted by atomic mass is 16.3. The fraction of sp³-hybridized carbons (Fsp3) is 0.750. The number of nitrogens with zero attached hydrogens (tertiary/aromatic N) is 3. The maximum absolute atomic E-state index is 12.2. The van der Waals surface area contributed by atoms with E-state index >= 15 is 0 Å². The second kappa shape index (κ2) is 5.48. The molecule has 0 bridgehead atoms. The summed E-state index contributed by atoms with van der Waals surface area (Å²) in [5.41, 5.74) is -0.175. The van der Waals surface area contributed by atoms with Gasteiger partial charge >= 0.3 is 0 Å². The van der Waals surface area contributed by atoms with Gasteiger partial charge in [-0.3, -0.25) is 9.89 Å². The Morgan fingerprint density at radius 2 is 2.06 bits per heavy atom. The minimum absolute atomic E-state index is 0.00115. The van der Waals surface area contributed by atoms with Gasteiger partial charge in [0, 0.05) is 18.0 Å². The predicted octanol–water partition coefficient (Wildman–Crippen LogP) is 0.945. The molecule has 0 fully saturated rings. The molecule has 0 aliphatic rings. The number of carbonyl (C=O) groups is 1. The van der Waals surface area contributed by atoms with Crippen LogP contribution in [-0.2, 0) is 5.41 Å². The lowest BCUT2D eigenvalue weighted by Crippen LogP contribution is -2.39. The predicted molar refractivity (Wildman–Crippen MR) is 68.3 cm³/mol. The molecule has 1 heterocycles. The number of rotatable bonds is 4. The van der Waals surface area contributed by atoms with Crippen molar-refractivity contribution in [3.8, 4) is 0 Å². The SMILES string of the molecule is CC(C)N(CCO)C(=O)c1n[nH]c(C(C)(C)C)n1. The number of H-pyrrole nitrogens is 1. The van der Waals surface area contributed by atoms with Crippen LogP contribution in [0.2, 0.25) is 0 Å². The average Bonchev–Trinajstić information content (AvgIpc) is 2.73. The van der Waals surface area contributed by atoms with Gasteiger partial charge < -0.3 is 10.0 Å². The minimum atomic E-state index is -0.259. The number of nitrogens with one attached hydrogen (secondary N) is 1. The molecular formula is C12H22N4O2. The lowest BCUT2D eigenvalue weighted by atomic mass is 9.96. The number of aromatic nitrogens is 3. The molecule has 1 amide bonds. The van der Waals surface area contributed by atoms with Crippen LogP contribution in [0.1, 0.15) is 51.1 Å². The Kier molecular flexibility index (Phi) is 4.45. The third kappa shape index (κ3) is 3.29. The fourth-order valence-corrected chi connectivity index (χ4v) is 1.52. The zero-order chi connectivity index (χ0) is 13.9. The molecule has 0 spiro atoms. The molecule has 0 saturated carbocycles. The number of aromatic amines is 1. The molecule has 2 N–H and O–H groups in total. The van der Waals surface area contributed by atoms with E-state index in [1.807, 2.05) is 34.6 Å². The third-order valence-electron chi connectivity index (χ3n) is 2.61. The molecule has 6 nitrogen and oxygen atoms in total. The topological polar surface area (TPSA) is 82.1 Å². The molecule has 1 aromatic heterocycles. The first-order chi connectivity index (χ1) is 8.27. The summed E-state index contributed by atoms with van der Waals surface area (Å²) >= 11 is 0. The van der Waals surface area contributed by atoms with Gasteiger partial charge in [0.2, 0.25) is 5.82 Å². The van der Waals surface area contributed by atoms with E-state index in [4.69, 9.17) is 5.11 Å². The van der Waals surface area contributed by atoms with E-state index in [0.29, 0.717) is 5.82 Å². The van der Waals surface area contributed by atoms with Crippen molar-refractivity contribution in [1.82, 2.24) is 20.1 Å². The van der Waals surface area contributed by atoms with Crippen LogP contribution in [0.4, 0.5) is 0 Å². The quantitative estimate of drug-likeness (QED) is 0.838. The second-order valence-electron chi connectivity index (χ2n) is 5.57. The van der Waals surface area contributed by atoms with Gasteiger partial charge in [-0.25, -0.2) is 4.98 Å². The van der Waals surface area contributed by atoms with E-state index in [2.05, 4.69) is 15.2 Å². The molecule has 0 radical (unpaired) electrons. The Hall–Kier alpha value is -1.43. The van der Waals surface area contributed by atoms with Crippen LogP contribution in [0, 0.1) is 0 Å². The molecule has 6 heteroatoms. The summed E-state index contributed by atoms with van der Waals surface area (Å²) in [5.74, 6) is 0.575. The van der Waals surface area contributed by atoms with Gasteiger partial charge in [0.15, 0.2) is 0 Å². The third-order valence-corrected chi connectivity index (χ3v) is 2.61. The summed E-state index contributed by atoms with van der Waals surface area (Å²) in [6.07, 6.45) is 0. The zero-order valence-electron chi connectivity index (χ0n) is 11.7. The normalized spacial score (nSPS) is 11.9. The number of aliphatic hydroxyl groups is 1. The molecule has 0 saturated heterocycles. The minimum Gasteiger partial charge on any atom is -0.395 e. The zero-order valence-corrected chi connectivity index (χ0v) is 11.7. The molecule has 0 aliphatic heterocycles. The summed E-state index contributed by atoms with van der Waals surface area (Å²) in [4.78, 5) is 18.0. The Balaban J connectivity index is 2.92. The number of hydrogen-bond donors (Lipinski definition) is 2. The molecule has 18 heavy (non-hydrogen) atoms. The van der Waals surface area contributed by atoms with Gasteiger partial charge in [-0.05, 0) is 13.8 Å². The van der Waals surface area contributed by atoms with Gasteiger partial charge in [0.1, 0.15) is 5.82 Å². The van der Waals surface area contributed by atoms with Crippen molar-refractivity contribution < 1.29 is 9.90 Å². The van der Waals surface area contributed by atoms with Crippen molar-refractivity contribution in [1.29, 1.82) is 0 Å². The van der Waals surface area contributed by atoms with E-state index in [1.54, 1.807) is 4.90 Å². The van der Waals surface area contributed by atoms with E-state index in [9.17, 15) is 4.79 Å². The van der Waals surface area contributed by atoms with Gasteiger partial charge in [0.25, 0.3) is 5.91 Å². The maximum Gasteiger partial charge on any atom is 0.293 e. The molecular weight excluding hydrogens is 232 g/mol.